The first-order chi connectivity index (χ1) is 12.2. The molecule has 0 saturated carbocycles. The first kappa shape index (κ1) is 17.1. The maximum atomic E-state index is 12.3. The van der Waals surface area contributed by atoms with Crippen molar-refractivity contribution in [2.45, 2.75) is 43.5 Å². The Bertz CT molecular complexity index is 1120. The first-order valence-corrected chi connectivity index (χ1v) is 9.12. The van der Waals surface area contributed by atoms with Crippen molar-refractivity contribution in [2.75, 3.05) is 0 Å². The Hall–Kier alpha value is -2.33. The minimum Gasteiger partial charge on any atom is -0.464 e. The van der Waals surface area contributed by atoms with Crippen LogP contribution >= 0.6 is 12.6 Å². The molecule has 1 aromatic heterocycles. The van der Waals surface area contributed by atoms with Crippen LogP contribution < -0.4 is 5.43 Å². The molecule has 0 amide bonds. The molecule has 0 atom stereocenters. The van der Waals surface area contributed by atoms with Crippen molar-refractivity contribution in [3.63, 3.8) is 0 Å². The van der Waals surface area contributed by atoms with Gasteiger partial charge in [-0.1, -0.05) is 38.1 Å². The molecule has 132 valence electrons. The van der Waals surface area contributed by atoms with Crippen molar-refractivity contribution in [3.05, 3.63) is 75.6 Å². The predicted molar refractivity (Wildman–Crippen MR) is 109 cm³/mol. The molecule has 2 aromatic carbocycles. The standard InChI is InChI=1S/C22H21NO2S/c1-21(2)16-8-6-5-7-13(16)20(23-22(21,3)4)15-11-14-17(24)9-10-25-18(14)12-19(15)26/h5-12,26H,1-4H3. The topological polar surface area (TPSA) is 42.6 Å². The highest BCUT2D eigenvalue weighted by atomic mass is 32.1. The molecule has 0 fully saturated rings. The lowest BCUT2D eigenvalue weighted by atomic mass is 9.66. The van der Waals surface area contributed by atoms with E-state index in [1.807, 2.05) is 12.1 Å². The molecule has 0 unspecified atom stereocenters. The molecule has 0 saturated heterocycles. The normalized spacial score (nSPS) is 17.7. The lowest BCUT2D eigenvalue weighted by Gasteiger charge is -2.44. The third-order valence-corrected chi connectivity index (χ3v) is 6.18. The van der Waals surface area contributed by atoms with Crippen LogP contribution in [0.4, 0.5) is 0 Å². The first-order valence-electron chi connectivity index (χ1n) is 8.67. The minimum absolute atomic E-state index is 0.0647. The third-order valence-electron chi connectivity index (χ3n) is 5.81. The number of hydrogen-bond acceptors (Lipinski definition) is 4. The van der Waals surface area contributed by atoms with E-state index in [1.54, 1.807) is 6.07 Å². The van der Waals surface area contributed by atoms with Gasteiger partial charge in [0.1, 0.15) is 5.58 Å². The highest BCUT2D eigenvalue weighted by Crippen LogP contribution is 2.44. The Balaban J connectivity index is 2.06. The molecule has 3 aromatic rings. The van der Waals surface area contributed by atoms with Crippen molar-refractivity contribution in [3.8, 4) is 0 Å². The van der Waals surface area contributed by atoms with Crippen LogP contribution in [0.25, 0.3) is 11.0 Å². The minimum atomic E-state index is -0.298. The largest absolute Gasteiger partial charge is 0.464 e. The molecule has 0 N–H and O–H groups in total. The molecular formula is C22H21NO2S. The van der Waals surface area contributed by atoms with Crippen molar-refractivity contribution >= 4 is 29.3 Å². The third kappa shape index (κ3) is 2.36. The summed E-state index contributed by atoms with van der Waals surface area (Å²) < 4.78 is 5.47. The van der Waals surface area contributed by atoms with Gasteiger partial charge in [0.2, 0.25) is 0 Å². The fourth-order valence-corrected chi connectivity index (χ4v) is 3.84. The van der Waals surface area contributed by atoms with Gasteiger partial charge >= 0.3 is 0 Å². The fraction of sp³-hybridized carbons (Fsp3) is 0.273. The van der Waals surface area contributed by atoms with E-state index in [-0.39, 0.29) is 16.4 Å². The van der Waals surface area contributed by atoms with Gasteiger partial charge in [-0.05, 0) is 31.5 Å². The van der Waals surface area contributed by atoms with Gasteiger partial charge in [0.15, 0.2) is 5.43 Å². The lowest BCUT2D eigenvalue weighted by Crippen LogP contribution is -2.46. The van der Waals surface area contributed by atoms with Crippen molar-refractivity contribution in [1.82, 2.24) is 0 Å². The van der Waals surface area contributed by atoms with Crippen LogP contribution in [-0.2, 0) is 5.41 Å². The van der Waals surface area contributed by atoms with E-state index < -0.39 is 0 Å². The van der Waals surface area contributed by atoms with E-state index in [0.717, 1.165) is 21.7 Å². The molecule has 4 rings (SSSR count). The molecule has 26 heavy (non-hydrogen) atoms. The zero-order valence-corrected chi connectivity index (χ0v) is 16.2. The van der Waals surface area contributed by atoms with Gasteiger partial charge in [-0.2, -0.15) is 0 Å². The average Bonchev–Trinajstić information content (AvgIpc) is 2.59. The smallest absolute Gasteiger partial charge is 0.192 e. The second-order valence-corrected chi connectivity index (χ2v) is 8.32. The monoisotopic (exact) mass is 363 g/mol. The van der Waals surface area contributed by atoms with Gasteiger partial charge in [0, 0.05) is 27.5 Å². The van der Waals surface area contributed by atoms with E-state index in [9.17, 15) is 4.79 Å². The fourth-order valence-electron chi connectivity index (χ4n) is 3.56. The van der Waals surface area contributed by atoms with Crippen molar-refractivity contribution in [2.24, 2.45) is 4.99 Å². The van der Waals surface area contributed by atoms with Gasteiger partial charge in [0.05, 0.1) is 22.9 Å². The van der Waals surface area contributed by atoms with Gasteiger partial charge in [0.25, 0.3) is 0 Å². The van der Waals surface area contributed by atoms with Crippen LogP contribution in [0.15, 0.2) is 67.8 Å². The summed E-state index contributed by atoms with van der Waals surface area (Å²) in [6.45, 7) is 8.75. The van der Waals surface area contributed by atoms with Crippen LogP contribution in [-0.4, -0.2) is 11.3 Å². The molecule has 2 heterocycles. The van der Waals surface area contributed by atoms with E-state index >= 15 is 0 Å². The quantitative estimate of drug-likeness (QED) is 0.619. The Morgan fingerprint density at radius 3 is 2.50 bits per heavy atom. The van der Waals surface area contributed by atoms with Crippen LogP contribution in [0.5, 0.6) is 0 Å². The molecule has 0 spiro atoms. The van der Waals surface area contributed by atoms with Crippen LogP contribution in [0.2, 0.25) is 0 Å². The van der Waals surface area contributed by atoms with E-state index in [1.165, 1.54) is 17.9 Å². The van der Waals surface area contributed by atoms with Gasteiger partial charge < -0.3 is 4.42 Å². The summed E-state index contributed by atoms with van der Waals surface area (Å²) in [5.41, 5.74) is 4.14. The predicted octanol–water partition coefficient (Wildman–Crippen LogP) is 4.99. The van der Waals surface area contributed by atoms with Gasteiger partial charge in [-0.15, -0.1) is 12.6 Å². The molecular weight excluding hydrogens is 342 g/mol. The number of aliphatic imine (C=N–C) groups is 1. The molecule has 0 radical (unpaired) electrons. The van der Waals surface area contributed by atoms with E-state index in [4.69, 9.17) is 9.41 Å². The number of rotatable bonds is 1. The second-order valence-electron chi connectivity index (χ2n) is 7.84. The number of fused-ring (bicyclic) bond motifs is 2. The summed E-state index contributed by atoms with van der Waals surface area (Å²) >= 11 is 4.67. The van der Waals surface area contributed by atoms with E-state index in [0.29, 0.717) is 11.0 Å². The Morgan fingerprint density at radius 2 is 1.73 bits per heavy atom. The molecule has 0 bridgehead atoms. The molecule has 1 aliphatic rings. The Morgan fingerprint density at radius 1 is 1.00 bits per heavy atom. The average molecular weight is 363 g/mol. The summed E-state index contributed by atoms with van der Waals surface area (Å²) in [4.78, 5) is 18.1. The number of hydrogen-bond donors (Lipinski definition) is 1. The van der Waals surface area contributed by atoms with Crippen molar-refractivity contribution < 1.29 is 4.42 Å². The molecule has 0 aliphatic carbocycles. The number of thiol groups is 1. The summed E-state index contributed by atoms with van der Waals surface area (Å²) in [7, 11) is 0. The van der Waals surface area contributed by atoms with Crippen LogP contribution in [0.1, 0.15) is 44.4 Å². The highest BCUT2D eigenvalue weighted by Gasteiger charge is 2.43. The zero-order chi connectivity index (χ0) is 18.7. The van der Waals surface area contributed by atoms with Gasteiger partial charge in [-0.3, -0.25) is 9.79 Å². The zero-order valence-electron chi connectivity index (χ0n) is 15.3. The Labute approximate surface area is 158 Å². The number of nitrogens with zero attached hydrogens (tertiary/aromatic N) is 1. The number of benzene rings is 2. The summed E-state index contributed by atoms with van der Waals surface area (Å²) in [6, 6.07) is 13.4. The van der Waals surface area contributed by atoms with Gasteiger partial charge in [-0.25, -0.2) is 0 Å². The summed E-state index contributed by atoms with van der Waals surface area (Å²) in [5, 5.41) is 0.545. The SMILES string of the molecule is CC1(C)N=C(c2cc3c(=O)ccoc3cc2S)c2ccccc2C1(C)C. The summed E-state index contributed by atoms with van der Waals surface area (Å²) in [5.74, 6) is 0. The van der Waals surface area contributed by atoms with E-state index in [2.05, 4.69) is 58.5 Å². The van der Waals surface area contributed by atoms with Crippen molar-refractivity contribution in [1.29, 1.82) is 0 Å². The second kappa shape index (κ2) is 5.58. The molecule has 3 nitrogen and oxygen atoms in total. The van der Waals surface area contributed by atoms with Crippen LogP contribution in [0, 0.1) is 0 Å². The van der Waals surface area contributed by atoms with Crippen LogP contribution in [0.3, 0.4) is 0 Å². The molecule has 1 aliphatic heterocycles. The maximum absolute atomic E-state index is 12.3. The maximum Gasteiger partial charge on any atom is 0.192 e. The molecule has 4 heteroatoms. The Kier molecular flexibility index (Phi) is 3.67. The highest BCUT2D eigenvalue weighted by molar-refractivity contribution is 7.80. The lowest BCUT2D eigenvalue weighted by molar-refractivity contribution is 0.303. The summed E-state index contributed by atoms with van der Waals surface area (Å²) in [6.07, 6.45) is 1.41.